The SMILES string of the molecule is C#CCOCC(COCCCCCCOCC(COCC#C)OCC1CO1)OCC1CO1. The molecule has 0 N–H and O–H groups in total. The lowest BCUT2D eigenvalue weighted by atomic mass is 10.2. The predicted molar refractivity (Wildman–Crippen MR) is 118 cm³/mol. The fourth-order valence-electron chi connectivity index (χ4n) is 2.79. The lowest BCUT2D eigenvalue weighted by molar-refractivity contribution is -0.0602. The summed E-state index contributed by atoms with van der Waals surface area (Å²) in [5, 5.41) is 0. The van der Waals surface area contributed by atoms with Gasteiger partial charge in [-0.2, -0.15) is 0 Å². The molecule has 2 saturated heterocycles. The van der Waals surface area contributed by atoms with E-state index < -0.39 is 0 Å². The van der Waals surface area contributed by atoms with E-state index in [0.717, 1.165) is 38.9 Å². The summed E-state index contributed by atoms with van der Waals surface area (Å²) < 4.78 is 44.1. The molecule has 0 bridgehead atoms. The smallest absolute Gasteiger partial charge is 0.107 e. The Morgan fingerprint density at radius 3 is 1.44 bits per heavy atom. The van der Waals surface area contributed by atoms with E-state index in [1.54, 1.807) is 0 Å². The van der Waals surface area contributed by atoms with Crippen LogP contribution < -0.4 is 0 Å². The van der Waals surface area contributed by atoms with Gasteiger partial charge in [0.25, 0.3) is 0 Å². The lowest BCUT2D eigenvalue weighted by Crippen LogP contribution is -2.28. The third kappa shape index (κ3) is 15.6. The van der Waals surface area contributed by atoms with Crippen LogP contribution in [0.1, 0.15) is 25.7 Å². The molecule has 0 aromatic heterocycles. The molecule has 0 amide bonds. The van der Waals surface area contributed by atoms with E-state index in [-0.39, 0.29) is 37.6 Å². The summed E-state index contributed by atoms with van der Waals surface area (Å²) in [6.45, 7) is 6.49. The highest BCUT2D eigenvalue weighted by atomic mass is 16.6. The van der Waals surface area contributed by atoms with E-state index in [2.05, 4.69) is 11.8 Å². The van der Waals surface area contributed by atoms with Gasteiger partial charge < -0.3 is 37.9 Å². The van der Waals surface area contributed by atoms with Crippen LogP contribution in [0.2, 0.25) is 0 Å². The molecular formula is C24H38O8. The number of hydrogen-bond acceptors (Lipinski definition) is 8. The molecule has 0 aliphatic carbocycles. The standard InChI is InChI=1S/C24H38O8/c1-3-9-25-13-21(29-17-23-19-31-23)15-27-11-7-5-6-8-12-28-16-22(14-26-10-4-2)30-18-24-20-32-24/h1-2,21-24H,5-20H2. The highest BCUT2D eigenvalue weighted by Gasteiger charge is 2.25. The van der Waals surface area contributed by atoms with Crippen molar-refractivity contribution in [3.8, 4) is 24.7 Å². The van der Waals surface area contributed by atoms with Gasteiger partial charge in [0.2, 0.25) is 0 Å². The van der Waals surface area contributed by atoms with Gasteiger partial charge in [-0.25, -0.2) is 0 Å². The van der Waals surface area contributed by atoms with Crippen molar-refractivity contribution in [1.29, 1.82) is 0 Å². The van der Waals surface area contributed by atoms with Crippen LogP contribution in [0.4, 0.5) is 0 Å². The summed E-state index contributed by atoms with van der Waals surface area (Å²) in [4.78, 5) is 0. The van der Waals surface area contributed by atoms with E-state index in [1.165, 1.54) is 0 Å². The van der Waals surface area contributed by atoms with E-state index in [9.17, 15) is 0 Å². The number of rotatable bonds is 23. The Hall–Kier alpha value is -1.20. The van der Waals surface area contributed by atoms with Crippen molar-refractivity contribution in [3.63, 3.8) is 0 Å². The minimum absolute atomic E-state index is 0.118. The van der Waals surface area contributed by atoms with Gasteiger partial charge >= 0.3 is 0 Å². The highest BCUT2D eigenvalue weighted by molar-refractivity contribution is 4.83. The fourth-order valence-corrected chi connectivity index (χ4v) is 2.79. The quantitative estimate of drug-likeness (QED) is 0.130. The van der Waals surface area contributed by atoms with E-state index in [0.29, 0.717) is 52.9 Å². The monoisotopic (exact) mass is 454 g/mol. The maximum absolute atomic E-state index is 5.77. The Morgan fingerprint density at radius 1 is 0.656 bits per heavy atom. The molecule has 32 heavy (non-hydrogen) atoms. The van der Waals surface area contributed by atoms with Crippen molar-refractivity contribution in [2.45, 2.75) is 50.1 Å². The van der Waals surface area contributed by atoms with Crippen LogP contribution in [-0.2, 0) is 37.9 Å². The van der Waals surface area contributed by atoms with Gasteiger partial charge in [0.05, 0.1) is 52.9 Å². The van der Waals surface area contributed by atoms with Crippen LogP contribution in [0.15, 0.2) is 0 Å². The molecular weight excluding hydrogens is 416 g/mol. The summed E-state index contributed by atoms with van der Waals surface area (Å²) in [5.41, 5.74) is 0. The van der Waals surface area contributed by atoms with E-state index >= 15 is 0 Å². The second kappa shape index (κ2) is 18.3. The van der Waals surface area contributed by atoms with Crippen molar-refractivity contribution in [3.05, 3.63) is 0 Å². The summed E-state index contributed by atoms with van der Waals surface area (Å²) in [7, 11) is 0. The normalized spacial score (nSPS) is 20.9. The molecule has 0 spiro atoms. The van der Waals surface area contributed by atoms with Crippen molar-refractivity contribution < 1.29 is 37.9 Å². The zero-order valence-electron chi connectivity index (χ0n) is 19.0. The molecule has 2 heterocycles. The lowest BCUT2D eigenvalue weighted by Gasteiger charge is -2.17. The maximum atomic E-state index is 5.77. The van der Waals surface area contributed by atoms with Gasteiger partial charge in [0.1, 0.15) is 37.6 Å². The number of terminal acetylenes is 2. The number of unbranched alkanes of at least 4 members (excludes halogenated alkanes) is 3. The Kier molecular flexibility index (Phi) is 15.4. The molecule has 4 atom stereocenters. The summed E-state index contributed by atoms with van der Waals surface area (Å²) in [6, 6.07) is 0. The zero-order valence-corrected chi connectivity index (χ0v) is 19.0. The second-order valence-electron chi connectivity index (χ2n) is 7.82. The highest BCUT2D eigenvalue weighted by Crippen LogP contribution is 2.12. The topological polar surface area (TPSA) is 80.4 Å². The van der Waals surface area contributed by atoms with E-state index in [4.69, 9.17) is 50.7 Å². The summed E-state index contributed by atoms with van der Waals surface area (Å²) >= 11 is 0. The molecule has 8 nitrogen and oxygen atoms in total. The minimum atomic E-state index is -0.118. The minimum Gasteiger partial charge on any atom is -0.379 e. The van der Waals surface area contributed by atoms with Gasteiger partial charge in [0.15, 0.2) is 0 Å². The first kappa shape index (κ1) is 27.0. The van der Waals surface area contributed by atoms with Gasteiger partial charge in [-0.1, -0.05) is 24.7 Å². The first-order valence-corrected chi connectivity index (χ1v) is 11.5. The van der Waals surface area contributed by atoms with Crippen molar-refractivity contribution in [2.24, 2.45) is 0 Å². The summed E-state index contributed by atoms with van der Waals surface area (Å²) in [5.74, 6) is 4.91. The average Bonchev–Trinajstić information content (AvgIpc) is 3.71. The van der Waals surface area contributed by atoms with Crippen LogP contribution in [0.25, 0.3) is 0 Å². The van der Waals surface area contributed by atoms with Gasteiger partial charge in [0, 0.05) is 13.2 Å². The zero-order chi connectivity index (χ0) is 22.7. The van der Waals surface area contributed by atoms with Gasteiger partial charge in [-0.05, 0) is 12.8 Å². The predicted octanol–water partition coefficient (Wildman–Crippen LogP) is 1.45. The molecule has 0 radical (unpaired) electrons. The molecule has 2 fully saturated rings. The molecule has 2 aliphatic heterocycles. The Morgan fingerprint density at radius 2 is 1.06 bits per heavy atom. The summed E-state index contributed by atoms with van der Waals surface area (Å²) in [6.07, 6.45) is 14.8. The third-order valence-corrected chi connectivity index (χ3v) is 4.75. The largest absolute Gasteiger partial charge is 0.379 e. The maximum Gasteiger partial charge on any atom is 0.107 e. The van der Waals surface area contributed by atoms with Crippen LogP contribution in [0.5, 0.6) is 0 Å². The van der Waals surface area contributed by atoms with Crippen LogP contribution >= 0.6 is 0 Å². The van der Waals surface area contributed by atoms with Crippen molar-refractivity contribution >= 4 is 0 Å². The molecule has 8 heteroatoms. The Bertz CT molecular complexity index is 487. The molecule has 0 aromatic carbocycles. The molecule has 4 unspecified atom stereocenters. The van der Waals surface area contributed by atoms with Gasteiger partial charge in [-0.3, -0.25) is 0 Å². The Balaban J connectivity index is 1.41. The van der Waals surface area contributed by atoms with Crippen LogP contribution in [0.3, 0.4) is 0 Å². The second-order valence-corrected chi connectivity index (χ2v) is 7.82. The first-order valence-electron chi connectivity index (χ1n) is 11.5. The van der Waals surface area contributed by atoms with Crippen molar-refractivity contribution in [2.75, 3.05) is 79.3 Å². The molecule has 2 rings (SSSR count). The molecule has 2 aliphatic rings. The first-order chi connectivity index (χ1) is 15.8. The van der Waals surface area contributed by atoms with Crippen LogP contribution in [-0.4, -0.2) is 104 Å². The van der Waals surface area contributed by atoms with E-state index in [1.807, 2.05) is 0 Å². The number of ether oxygens (including phenoxy) is 8. The van der Waals surface area contributed by atoms with Crippen molar-refractivity contribution in [1.82, 2.24) is 0 Å². The average molecular weight is 455 g/mol. The number of hydrogen-bond donors (Lipinski definition) is 0. The molecule has 182 valence electrons. The third-order valence-electron chi connectivity index (χ3n) is 4.75. The molecule has 0 aromatic rings. The fraction of sp³-hybridized carbons (Fsp3) is 0.833. The Labute approximate surface area is 192 Å². The molecule has 0 saturated carbocycles. The van der Waals surface area contributed by atoms with Gasteiger partial charge in [-0.15, -0.1) is 12.8 Å². The number of epoxide rings is 2. The van der Waals surface area contributed by atoms with Crippen LogP contribution in [0, 0.1) is 24.7 Å².